The smallest absolute Gasteiger partial charge is 0.335 e. The molecule has 0 atom stereocenters. The van der Waals surface area contributed by atoms with Crippen LogP contribution in [0.15, 0.2) is 48.0 Å². The van der Waals surface area contributed by atoms with Gasteiger partial charge in [0.1, 0.15) is 11.3 Å². The number of methoxy groups -OCH3 is 1. The molecule has 2 aromatic carbocycles. The summed E-state index contributed by atoms with van der Waals surface area (Å²) in [4.78, 5) is 39.1. The van der Waals surface area contributed by atoms with Gasteiger partial charge < -0.3 is 14.2 Å². The average Bonchev–Trinajstić information content (AvgIpc) is 2.86. The van der Waals surface area contributed by atoms with Crippen LogP contribution < -0.4 is 24.4 Å². The van der Waals surface area contributed by atoms with Gasteiger partial charge in [-0.15, -0.1) is 0 Å². The molecule has 0 bridgehead atoms. The second kappa shape index (κ2) is 12.6. The molecule has 0 radical (unpaired) electrons. The van der Waals surface area contributed by atoms with E-state index in [1.807, 2.05) is 6.92 Å². The van der Waals surface area contributed by atoms with Crippen molar-refractivity contribution in [2.75, 3.05) is 25.2 Å². The van der Waals surface area contributed by atoms with Crippen LogP contribution in [-0.4, -0.2) is 38.2 Å². The van der Waals surface area contributed by atoms with Crippen LogP contribution in [0.2, 0.25) is 0 Å². The molecule has 3 rings (SSSR count). The van der Waals surface area contributed by atoms with Crippen LogP contribution >= 0.6 is 0 Å². The van der Waals surface area contributed by atoms with E-state index in [0.717, 1.165) is 29.9 Å². The van der Waals surface area contributed by atoms with Gasteiger partial charge in [-0.2, -0.15) is 0 Å². The van der Waals surface area contributed by atoms with Crippen molar-refractivity contribution in [1.82, 2.24) is 5.32 Å². The van der Waals surface area contributed by atoms with Gasteiger partial charge in [0.25, 0.3) is 11.8 Å². The van der Waals surface area contributed by atoms with Gasteiger partial charge in [-0.1, -0.05) is 45.2 Å². The minimum atomic E-state index is -0.826. The maximum Gasteiger partial charge on any atom is 0.335 e. The molecular weight excluding hydrogens is 448 g/mol. The lowest BCUT2D eigenvalue weighted by molar-refractivity contribution is -0.122. The van der Waals surface area contributed by atoms with Crippen LogP contribution in [0, 0.1) is 0 Å². The first kappa shape index (κ1) is 25.8. The van der Waals surface area contributed by atoms with Crippen LogP contribution in [-0.2, 0) is 9.59 Å². The number of imide groups is 2. The number of amides is 4. The van der Waals surface area contributed by atoms with Crippen LogP contribution in [0.5, 0.6) is 17.2 Å². The minimum absolute atomic E-state index is 0.150. The normalized spacial score (nSPS) is 14.8. The number of benzene rings is 2. The van der Waals surface area contributed by atoms with Gasteiger partial charge in [-0.3, -0.25) is 14.9 Å². The zero-order chi connectivity index (χ0) is 25.2. The van der Waals surface area contributed by atoms with Crippen molar-refractivity contribution in [2.24, 2.45) is 0 Å². The minimum Gasteiger partial charge on any atom is -0.494 e. The zero-order valence-corrected chi connectivity index (χ0v) is 20.5. The molecule has 0 aromatic heterocycles. The third-order valence-electron chi connectivity index (χ3n) is 5.43. The molecule has 2 aromatic rings. The number of rotatable bonds is 12. The number of hydrogen-bond acceptors (Lipinski definition) is 6. The molecule has 0 aliphatic carbocycles. The van der Waals surface area contributed by atoms with E-state index in [-0.39, 0.29) is 11.3 Å². The number of nitrogens with one attached hydrogen (secondary N) is 1. The third kappa shape index (κ3) is 6.62. The molecule has 8 nitrogen and oxygen atoms in total. The van der Waals surface area contributed by atoms with E-state index in [2.05, 4.69) is 12.2 Å². The SMILES string of the molecule is CCCCCCOc1ccc(C=C2C(=O)NC(=O)N(c3ccc(OCCC)c(OC)c3)C2=O)cc1. The van der Waals surface area contributed by atoms with Crippen molar-refractivity contribution in [2.45, 2.75) is 46.0 Å². The first-order valence-electron chi connectivity index (χ1n) is 11.9. The molecule has 4 amide bonds. The molecule has 8 heteroatoms. The van der Waals surface area contributed by atoms with Gasteiger partial charge in [-0.05, 0) is 48.7 Å². The standard InChI is InChI=1S/C27H32N2O6/c1-4-6-7-8-16-34-21-12-9-19(10-13-21)17-22-25(30)28-27(32)29(26(22)31)20-11-14-23(35-15-5-2)24(18-20)33-3/h9-14,17-18H,4-8,15-16H2,1-3H3,(H,28,30,32). The fourth-order valence-electron chi connectivity index (χ4n) is 3.56. The highest BCUT2D eigenvalue weighted by Gasteiger charge is 2.37. The number of urea groups is 1. The van der Waals surface area contributed by atoms with E-state index in [0.29, 0.717) is 30.3 Å². The Kier molecular flexibility index (Phi) is 9.29. The molecule has 0 spiro atoms. The Morgan fingerprint density at radius 3 is 2.31 bits per heavy atom. The number of barbiturate groups is 1. The van der Waals surface area contributed by atoms with Gasteiger partial charge in [0, 0.05) is 6.07 Å². The summed E-state index contributed by atoms with van der Waals surface area (Å²) in [7, 11) is 1.48. The van der Waals surface area contributed by atoms with Crippen molar-refractivity contribution in [3.63, 3.8) is 0 Å². The summed E-state index contributed by atoms with van der Waals surface area (Å²) >= 11 is 0. The first-order chi connectivity index (χ1) is 17.0. The van der Waals surface area contributed by atoms with E-state index >= 15 is 0 Å². The Morgan fingerprint density at radius 1 is 0.857 bits per heavy atom. The molecule has 0 saturated carbocycles. The molecule has 1 heterocycles. The zero-order valence-electron chi connectivity index (χ0n) is 20.5. The Hall–Kier alpha value is -3.81. The van der Waals surface area contributed by atoms with E-state index in [4.69, 9.17) is 14.2 Å². The predicted molar refractivity (Wildman–Crippen MR) is 134 cm³/mol. The van der Waals surface area contributed by atoms with Crippen LogP contribution in [0.3, 0.4) is 0 Å². The quantitative estimate of drug-likeness (QED) is 0.258. The lowest BCUT2D eigenvalue weighted by Crippen LogP contribution is -2.54. The van der Waals surface area contributed by atoms with Crippen molar-refractivity contribution in [1.29, 1.82) is 0 Å². The fourth-order valence-corrected chi connectivity index (χ4v) is 3.56. The third-order valence-corrected chi connectivity index (χ3v) is 5.43. The Bertz CT molecular complexity index is 1080. The summed E-state index contributed by atoms with van der Waals surface area (Å²) < 4.78 is 16.7. The average molecular weight is 481 g/mol. The monoisotopic (exact) mass is 480 g/mol. The molecule has 186 valence electrons. The Labute approximate surface area is 205 Å². The lowest BCUT2D eigenvalue weighted by Gasteiger charge is -2.27. The lowest BCUT2D eigenvalue weighted by atomic mass is 10.1. The number of unbranched alkanes of at least 4 members (excludes halogenated alkanes) is 3. The Balaban J connectivity index is 1.77. The number of nitrogens with zero attached hydrogens (tertiary/aromatic N) is 1. The summed E-state index contributed by atoms with van der Waals surface area (Å²) in [5, 5.41) is 2.23. The number of anilines is 1. The van der Waals surface area contributed by atoms with Gasteiger partial charge in [0.05, 0.1) is 26.0 Å². The van der Waals surface area contributed by atoms with Gasteiger partial charge in [0.2, 0.25) is 0 Å². The van der Waals surface area contributed by atoms with E-state index in [1.54, 1.807) is 36.4 Å². The Morgan fingerprint density at radius 2 is 1.63 bits per heavy atom. The first-order valence-corrected chi connectivity index (χ1v) is 11.9. The van der Waals surface area contributed by atoms with Crippen molar-refractivity contribution >= 4 is 29.6 Å². The van der Waals surface area contributed by atoms with Gasteiger partial charge in [-0.25, -0.2) is 9.69 Å². The number of ether oxygens (including phenoxy) is 3. The molecule has 1 fully saturated rings. The summed E-state index contributed by atoms with van der Waals surface area (Å²) in [6.07, 6.45) is 6.76. The molecule has 1 saturated heterocycles. The van der Waals surface area contributed by atoms with Crippen molar-refractivity contribution in [3.05, 3.63) is 53.6 Å². The van der Waals surface area contributed by atoms with Gasteiger partial charge >= 0.3 is 6.03 Å². The molecule has 0 unspecified atom stereocenters. The van der Waals surface area contributed by atoms with Gasteiger partial charge in [0.15, 0.2) is 11.5 Å². The largest absolute Gasteiger partial charge is 0.494 e. The summed E-state index contributed by atoms with van der Waals surface area (Å²) in [5.41, 5.74) is 0.749. The van der Waals surface area contributed by atoms with Crippen LogP contribution in [0.25, 0.3) is 6.08 Å². The summed E-state index contributed by atoms with van der Waals surface area (Å²) in [6, 6.07) is 11.0. The van der Waals surface area contributed by atoms with Crippen molar-refractivity contribution in [3.8, 4) is 17.2 Å². The topological polar surface area (TPSA) is 94.2 Å². The second-order valence-corrected chi connectivity index (χ2v) is 8.12. The molecule has 1 aliphatic heterocycles. The number of hydrogen-bond donors (Lipinski definition) is 1. The van der Waals surface area contributed by atoms with Crippen LogP contribution in [0.1, 0.15) is 51.5 Å². The number of carbonyl (C=O) groups is 3. The highest BCUT2D eigenvalue weighted by atomic mass is 16.5. The van der Waals surface area contributed by atoms with Crippen molar-refractivity contribution < 1.29 is 28.6 Å². The fraction of sp³-hybridized carbons (Fsp3) is 0.370. The number of carbonyl (C=O) groups excluding carboxylic acids is 3. The molecule has 35 heavy (non-hydrogen) atoms. The predicted octanol–water partition coefficient (Wildman–Crippen LogP) is 5.11. The highest BCUT2D eigenvalue weighted by molar-refractivity contribution is 6.39. The highest BCUT2D eigenvalue weighted by Crippen LogP contribution is 2.33. The molecular formula is C27H32N2O6. The van der Waals surface area contributed by atoms with Crippen LogP contribution in [0.4, 0.5) is 10.5 Å². The van der Waals surface area contributed by atoms with E-state index < -0.39 is 17.8 Å². The maximum atomic E-state index is 13.2. The van der Waals surface area contributed by atoms with E-state index in [9.17, 15) is 14.4 Å². The summed E-state index contributed by atoms with van der Waals surface area (Å²) in [5.74, 6) is 0.130. The second-order valence-electron chi connectivity index (χ2n) is 8.12. The maximum absolute atomic E-state index is 13.2. The summed E-state index contributed by atoms with van der Waals surface area (Å²) in [6.45, 7) is 5.29. The van der Waals surface area contributed by atoms with E-state index in [1.165, 1.54) is 32.1 Å². The molecule has 1 aliphatic rings. The molecule has 1 N–H and O–H groups in total.